The zero-order valence-corrected chi connectivity index (χ0v) is 14.3. The van der Waals surface area contributed by atoms with Crippen LogP contribution in [0.1, 0.15) is 11.6 Å². The van der Waals surface area contributed by atoms with E-state index < -0.39 is 12.0 Å². The lowest BCUT2D eigenvalue weighted by Gasteiger charge is -2.13. The summed E-state index contributed by atoms with van der Waals surface area (Å²) in [5.41, 5.74) is 13.1. The van der Waals surface area contributed by atoms with Crippen molar-refractivity contribution in [1.29, 1.82) is 0 Å². The maximum Gasteiger partial charge on any atom is 0.329 e. The molecule has 2 atom stereocenters. The predicted molar refractivity (Wildman–Crippen MR) is 98.3 cm³/mol. The van der Waals surface area contributed by atoms with Gasteiger partial charge in [0.05, 0.1) is 0 Å². The van der Waals surface area contributed by atoms with E-state index in [-0.39, 0.29) is 6.04 Å². The molecule has 2 aromatic rings. The van der Waals surface area contributed by atoms with Crippen molar-refractivity contribution < 1.29 is 9.53 Å². The molecule has 0 aliphatic rings. The van der Waals surface area contributed by atoms with Crippen LogP contribution >= 0.6 is 21.6 Å². The minimum absolute atomic E-state index is 0.0267. The Bertz CT molecular complexity index is 596. The number of hydrogen-bond acceptors (Lipinski definition) is 6. The van der Waals surface area contributed by atoms with Crippen molar-refractivity contribution in [3.63, 3.8) is 0 Å². The normalized spacial score (nSPS) is 13.3. The molecule has 0 unspecified atom stereocenters. The minimum Gasteiger partial charge on any atom is -0.425 e. The van der Waals surface area contributed by atoms with Crippen LogP contribution in [0.2, 0.25) is 0 Å². The first-order valence-corrected chi connectivity index (χ1v) is 9.73. The van der Waals surface area contributed by atoms with E-state index in [1.807, 2.05) is 48.5 Å². The van der Waals surface area contributed by atoms with Crippen molar-refractivity contribution in [3.05, 3.63) is 66.2 Å². The monoisotopic (exact) mass is 348 g/mol. The van der Waals surface area contributed by atoms with E-state index >= 15 is 0 Å². The lowest BCUT2D eigenvalue weighted by molar-refractivity contribution is -0.135. The summed E-state index contributed by atoms with van der Waals surface area (Å²) in [6.45, 7) is 0. The van der Waals surface area contributed by atoms with Crippen molar-refractivity contribution in [2.45, 2.75) is 12.1 Å². The van der Waals surface area contributed by atoms with Gasteiger partial charge in [0.15, 0.2) is 0 Å². The third-order valence-electron chi connectivity index (χ3n) is 3.07. The second-order valence-electron chi connectivity index (χ2n) is 4.93. The Morgan fingerprint density at radius 2 is 1.48 bits per heavy atom. The van der Waals surface area contributed by atoms with E-state index in [1.54, 1.807) is 22.9 Å². The first-order valence-electron chi connectivity index (χ1n) is 7.24. The average Bonchev–Trinajstić information content (AvgIpc) is 2.60. The standard InChI is InChI=1S/C17H20N2O2S2/c18-15(13-7-3-1-4-8-13)11-22-23-12-16(19)17(20)21-14-9-5-2-6-10-14/h1-10,15-16H,11-12,18-19H2/t15-,16-/m0/s1. The van der Waals surface area contributed by atoms with Crippen LogP contribution < -0.4 is 16.2 Å². The SMILES string of the molecule is N[C@@H](CSSC[C@H](N)c1ccccc1)C(=O)Oc1ccccc1. The Morgan fingerprint density at radius 1 is 0.913 bits per heavy atom. The van der Waals surface area contributed by atoms with Crippen molar-refractivity contribution in [3.8, 4) is 5.75 Å². The van der Waals surface area contributed by atoms with Gasteiger partial charge < -0.3 is 16.2 Å². The zero-order chi connectivity index (χ0) is 16.5. The van der Waals surface area contributed by atoms with Gasteiger partial charge in [-0.05, 0) is 17.7 Å². The number of rotatable bonds is 8. The molecule has 0 aliphatic carbocycles. The van der Waals surface area contributed by atoms with E-state index in [1.165, 1.54) is 10.8 Å². The summed E-state index contributed by atoms with van der Waals surface area (Å²) < 4.78 is 5.21. The number of carbonyl (C=O) groups excluding carboxylic acids is 1. The molecule has 0 bridgehead atoms. The molecule has 122 valence electrons. The summed E-state index contributed by atoms with van der Waals surface area (Å²) in [6, 6.07) is 18.2. The zero-order valence-electron chi connectivity index (χ0n) is 12.6. The molecule has 23 heavy (non-hydrogen) atoms. The van der Waals surface area contributed by atoms with Crippen LogP contribution in [-0.2, 0) is 4.79 Å². The molecule has 0 amide bonds. The fourth-order valence-corrected chi connectivity index (χ4v) is 4.06. The van der Waals surface area contributed by atoms with Crippen LogP contribution in [0.15, 0.2) is 60.7 Å². The van der Waals surface area contributed by atoms with E-state index in [0.29, 0.717) is 11.5 Å². The second kappa shape index (κ2) is 9.62. The summed E-state index contributed by atoms with van der Waals surface area (Å²) >= 11 is 0. The summed E-state index contributed by atoms with van der Waals surface area (Å²) in [6.07, 6.45) is 0. The summed E-state index contributed by atoms with van der Waals surface area (Å²) in [5.74, 6) is 1.33. The fourth-order valence-electron chi connectivity index (χ4n) is 1.79. The molecular weight excluding hydrogens is 328 g/mol. The first kappa shape index (κ1) is 17.9. The van der Waals surface area contributed by atoms with Crippen molar-refractivity contribution >= 4 is 27.6 Å². The molecule has 4 N–H and O–H groups in total. The molecule has 0 saturated heterocycles. The van der Waals surface area contributed by atoms with Gasteiger partial charge in [0.2, 0.25) is 0 Å². The molecule has 0 radical (unpaired) electrons. The summed E-state index contributed by atoms with van der Waals surface area (Å²) in [7, 11) is 3.15. The molecule has 0 spiro atoms. The van der Waals surface area contributed by atoms with Gasteiger partial charge in [-0.15, -0.1) is 0 Å². The van der Waals surface area contributed by atoms with Gasteiger partial charge in [0.1, 0.15) is 11.8 Å². The molecule has 0 aliphatic heterocycles. The maximum atomic E-state index is 11.9. The number of esters is 1. The van der Waals surface area contributed by atoms with E-state index in [0.717, 1.165) is 11.3 Å². The minimum atomic E-state index is -0.652. The van der Waals surface area contributed by atoms with Crippen LogP contribution in [0, 0.1) is 0 Å². The van der Waals surface area contributed by atoms with E-state index in [9.17, 15) is 4.79 Å². The second-order valence-corrected chi connectivity index (χ2v) is 7.48. The Morgan fingerprint density at radius 3 is 2.13 bits per heavy atom. The highest BCUT2D eigenvalue weighted by atomic mass is 33.1. The highest BCUT2D eigenvalue weighted by Gasteiger charge is 2.16. The lowest BCUT2D eigenvalue weighted by Crippen LogP contribution is -2.36. The van der Waals surface area contributed by atoms with Crippen LogP contribution in [0.5, 0.6) is 5.75 Å². The largest absolute Gasteiger partial charge is 0.425 e. The van der Waals surface area contributed by atoms with Gasteiger partial charge in [-0.3, -0.25) is 0 Å². The van der Waals surface area contributed by atoms with Gasteiger partial charge in [-0.1, -0.05) is 70.1 Å². The van der Waals surface area contributed by atoms with Gasteiger partial charge in [-0.25, -0.2) is 4.79 Å². The molecule has 6 heteroatoms. The number of benzene rings is 2. The highest BCUT2D eigenvalue weighted by molar-refractivity contribution is 8.76. The molecule has 2 aromatic carbocycles. The van der Waals surface area contributed by atoms with Gasteiger partial charge >= 0.3 is 5.97 Å². The topological polar surface area (TPSA) is 78.3 Å². The van der Waals surface area contributed by atoms with Crippen LogP contribution in [0.4, 0.5) is 0 Å². The van der Waals surface area contributed by atoms with Gasteiger partial charge in [0, 0.05) is 17.5 Å². The molecule has 0 aromatic heterocycles. The maximum absolute atomic E-state index is 11.9. The number of hydrogen-bond donors (Lipinski definition) is 2. The Balaban J connectivity index is 1.66. The smallest absolute Gasteiger partial charge is 0.329 e. The predicted octanol–water partition coefficient (Wildman–Crippen LogP) is 3.00. The molecule has 0 fully saturated rings. The first-order chi connectivity index (χ1) is 11.2. The summed E-state index contributed by atoms with van der Waals surface area (Å²) in [4.78, 5) is 11.9. The number of carbonyl (C=O) groups is 1. The molecule has 0 heterocycles. The third-order valence-corrected chi connectivity index (χ3v) is 5.54. The number of ether oxygens (including phenoxy) is 1. The van der Waals surface area contributed by atoms with Gasteiger partial charge in [0.25, 0.3) is 0 Å². The number of para-hydroxylation sites is 1. The van der Waals surface area contributed by atoms with E-state index in [4.69, 9.17) is 16.2 Å². The lowest BCUT2D eigenvalue weighted by atomic mass is 10.1. The Labute approximate surface area is 144 Å². The van der Waals surface area contributed by atoms with Crippen LogP contribution in [-0.4, -0.2) is 23.5 Å². The molecule has 2 rings (SSSR count). The number of nitrogens with two attached hydrogens (primary N) is 2. The third kappa shape index (κ3) is 6.27. The van der Waals surface area contributed by atoms with Crippen molar-refractivity contribution in [2.24, 2.45) is 11.5 Å². The summed E-state index contributed by atoms with van der Waals surface area (Å²) in [5, 5.41) is 0. The van der Waals surface area contributed by atoms with Crippen LogP contribution in [0.3, 0.4) is 0 Å². The van der Waals surface area contributed by atoms with Crippen LogP contribution in [0.25, 0.3) is 0 Å². The van der Waals surface area contributed by atoms with E-state index in [2.05, 4.69) is 0 Å². The highest BCUT2D eigenvalue weighted by Crippen LogP contribution is 2.26. The Hall–Kier alpha value is -1.47. The quantitative estimate of drug-likeness (QED) is 0.330. The average molecular weight is 348 g/mol. The Kier molecular flexibility index (Phi) is 7.48. The molecular formula is C17H20N2O2S2. The van der Waals surface area contributed by atoms with Crippen molar-refractivity contribution in [1.82, 2.24) is 0 Å². The molecule has 0 saturated carbocycles. The van der Waals surface area contributed by atoms with Gasteiger partial charge in [-0.2, -0.15) is 0 Å². The van der Waals surface area contributed by atoms with Crippen molar-refractivity contribution in [2.75, 3.05) is 11.5 Å². The fraction of sp³-hybridized carbons (Fsp3) is 0.235. The molecule has 4 nitrogen and oxygen atoms in total.